The van der Waals surface area contributed by atoms with Gasteiger partial charge in [0, 0.05) is 16.2 Å². The first-order chi connectivity index (χ1) is 8.16. The van der Waals surface area contributed by atoms with Gasteiger partial charge in [-0.25, -0.2) is 5.10 Å². The van der Waals surface area contributed by atoms with E-state index in [1.54, 1.807) is 24.3 Å². The van der Waals surface area contributed by atoms with Gasteiger partial charge in [0.25, 0.3) is 11.5 Å². The first kappa shape index (κ1) is 11.5. The van der Waals surface area contributed by atoms with Crippen LogP contribution in [0.4, 0.5) is 5.69 Å². The fourth-order valence-corrected chi connectivity index (χ4v) is 1.50. The Balaban J connectivity index is 2.20. The van der Waals surface area contributed by atoms with Gasteiger partial charge in [-0.05, 0) is 30.3 Å². The van der Waals surface area contributed by atoms with E-state index in [9.17, 15) is 9.59 Å². The molecule has 1 aromatic heterocycles. The monoisotopic (exact) mass is 293 g/mol. The molecule has 0 saturated heterocycles. The first-order valence-corrected chi connectivity index (χ1v) is 5.57. The van der Waals surface area contributed by atoms with E-state index in [1.807, 2.05) is 0 Å². The molecule has 1 amide bonds. The molecule has 1 heterocycles. The number of nitrogens with one attached hydrogen (secondary N) is 2. The van der Waals surface area contributed by atoms with Gasteiger partial charge >= 0.3 is 0 Å². The molecule has 86 valence electrons. The van der Waals surface area contributed by atoms with Crippen LogP contribution in [0.15, 0.2) is 45.8 Å². The molecule has 0 radical (unpaired) electrons. The summed E-state index contributed by atoms with van der Waals surface area (Å²) in [5.74, 6) is -0.339. The number of halogens is 1. The normalized spacial score (nSPS) is 9.94. The molecular formula is C11H8BrN3O2. The van der Waals surface area contributed by atoms with Crippen molar-refractivity contribution in [2.45, 2.75) is 0 Å². The molecule has 0 aliphatic rings. The van der Waals surface area contributed by atoms with Crippen molar-refractivity contribution in [2.75, 3.05) is 5.32 Å². The van der Waals surface area contributed by atoms with E-state index >= 15 is 0 Å². The van der Waals surface area contributed by atoms with Gasteiger partial charge in [0.1, 0.15) is 5.69 Å². The predicted molar refractivity (Wildman–Crippen MR) is 67.0 cm³/mol. The molecule has 2 aromatic rings. The summed E-state index contributed by atoms with van der Waals surface area (Å²) >= 11 is 3.28. The van der Waals surface area contributed by atoms with E-state index in [2.05, 4.69) is 31.4 Å². The average molecular weight is 294 g/mol. The number of aromatic nitrogens is 2. The first-order valence-electron chi connectivity index (χ1n) is 4.77. The molecule has 0 spiro atoms. The molecule has 2 rings (SSSR count). The fraction of sp³-hybridized carbons (Fsp3) is 0. The van der Waals surface area contributed by atoms with Crippen LogP contribution in [0.25, 0.3) is 0 Å². The van der Waals surface area contributed by atoms with Gasteiger partial charge in [0.05, 0.1) is 0 Å². The molecular weight excluding hydrogens is 286 g/mol. The van der Waals surface area contributed by atoms with Crippen LogP contribution in [-0.2, 0) is 0 Å². The van der Waals surface area contributed by atoms with Gasteiger partial charge < -0.3 is 5.32 Å². The third kappa shape index (κ3) is 2.79. The zero-order chi connectivity index (χ0) is 12.3. The Morgan fingerprint density at radius 3 is 2.59 bits per heavy atom. The molecule has 0 aliphatic heterocycles. The summed E-state index contributed by atoms with van der Waals surface area (Å²) in [5.41, 5.74) is 0.218. The molecule has 0 bridgehead atoms. The van der Waals surface area contributed by atoms with Crippen molar-refractivity contribution >= 4 is 27.5 Å². The molecule has 17 heavy (non-hydrogen) atoms. The van der Waals surface area contributed by atoms with Crippen LogP contribution >= 0.6 is 15.9 Å². The number of carbonyl (C=O) groups excluding carboxylic acids is 1. The summed E-state index contributed by atoms with van der Waals surface area (Å²) in [6, 6.07) is 8.27. The van der Waals surface area contributed by atoms with Crippen molar-refractivity contribution in [1.29, 1.82) is 0 Å². The van der Waals surface area contributed by atoms with Gasteiger partial charge in [-0.15, -0.1) is 0 Å². The Morgan fingerprint density at radius 2 is 1.94 bits per heavy atom. The topological polar surface area (TPSA) is 74.8 Å². The smallest absolute Gasteiger partial charge is 0.287 e. The van der Waals surface area contributed by atoms with Crippen LogP contribution in [-0.4, -0.2) is 16.1 Å². The van der Waals surface area contributed by atoms with Crippen LogP contribution in [0.5, 0.6) is 0 Å². The number of H-pyrrole nitrogens is 1. The molecule has 5 nitrogen and oxygen atoms in total. The second kappa shape index (κ2) is 4.92. The number of amides is 1. The number of carbonyl (C=O) groups is 1. The maximum atomic E-state index is 11.8. The summed E-state index contributed by atoms with van der Waals surface area (Å²) in [5, 5.41) is 8.29. The maximum Gasteiger partial charge on any atom is 0.287 e. The third-order valence-electron chi connectivity index (χ3n) is 2.08. The second-order valence-electron chi connectivity index (χ2n) is 3.26. The number of aromatic amines is 1. The Morgan fingerprint density at radius 1 is 1.24 bits per heavy atom. The number of rotatable bonds is 2. The zero-order valence-corrected chi connectivity index (χ0v) is 10.2. The van der Waals surface area contributed by atoms with Crippen molar-refractivity contribution in [3.8, 4) is 0 Å². The fourth-order valence-electron chi connectivity index (χ4n) is 1.24. The number of hydrogen-bond donors (Lipinski definition) is 2. The van der Waals surface area contributed by atoms with Gasteiger partial charge in [-0.1, -0.05) is 15.9 Å². The van der Waals surface area contributed by atoms with Crippen molar-refractivity contribution < 1.29 is 4.79 Å². The van der Waals surface area contributed by atoms with Crippen LogP contribution in [0.2, 0.25) is 0 Å². The molecule has 2 N–H and O–H groups in total. The quantitative estimate of drug-likeness (QED) is 0.886. The lowest BCUT2D eigenvalue weighted by atomic mass is 10.2. The number of nitrogens with zero attached hydrogens (tertiary/aromatic N) is 1. The van der Waals surface area contributed by atoms with E-state index in [0.717, 1.165) is 4.47 Å². The molecule has 0 atom stereocenters. The minimum atomic E-state index is -0.432. The molecule has 6 heteroatoms. The van der Waals surface area contributed by atoms with Crippen LogP contribution < -0.4 is 10.9 Å². The number of hydrogen-bond acceptors (Lipinski definition) is 3. The molecule has 0 unspecified atom stereocenters. The molecule has 0 fully saturated rings. The summed E-state index contributed by atoms with van der Waals surface area (Å²) in [4.78, 5) is 23.1. The van der Waals surface area contributed by atoms with E-state index < -0.39 is 5.56 Å². The van der Waals surface area contributed by atoms with Crippen LogP contribution in [0, 0.1) is 0 Å². The van der Waals surface area contributed by atoms with E-state index in [0.29, 0.717) is 5.56 Å². The van der Waals surface area contributed by atoms with Crippen LogP contribution in [0.1, 0.15) is 10.4 Å². The average Bonchev–Trinajstić information content (AvgIpc) is 2.33. The highest BCUT2D eigenvalue weighted by Gasteiger charge is 2.07. The van der Waals surface area contributed by atoms with Crippen molar-refractivity contribution in [1.82, 2.24) is 10.2 Å². The Kier molecular flexibility index (Phi) is 3.34. The molecule has 0 aliphatic carbocycles. The second-order valence-corrected chi connectivity index (χ2v) is 4.18. The van der Waals surface area contributed by atoms with E-state index in [-0.39, 0.29) is 11.6 Å². The van der Waals surface area contributed by atoms with Crippen molar-refractivity contribution in [3.63, 3.8) is 0 Å². The minimum Gasteiger partial charge on any atom is -0.317 e. The Hall–Kier alpha value is -1.95. The Labute approximate surface area is 105 Å². The Bertz CT molecular complexity index is 592. The minimum absolute atomic E-state index is 0.174. The van der Waals surface area contributed by atoms with E-state index in [4.69, 9.17) is 0 Å². The van der Waals surface area contributed by atoms with Crippen molar-refractivity contribution in [3.05, 3.63) is 56.9 Å². The van der Waals surface area contributed by atoms with Gasteiger partial charge in [-0.2, -0.15) is 5.10 Å². The number of anilines is 1. The van der Waals surface area contributed by atoms with Crippen molar-refractivity contribution in [2.24, 2.45) is 0 Å². The van der Waals surface area contributed by atoms with Gasteiger partial charge in [0.15, 0.2) is 0 Å². The van der Waals surface area contributed by atoms with Gasteiger partial charge in [-0.3, -0.25) is 9.59 Å². The summed E-state index contributed by atoms with van der Waals surface area (Å²) < 4.78 is 0.885. The lowest BCUT2D eigenvalue weighted by Gasteiger charge is -2.03. The highest BCUT2D eigenvalue weighted by Crippen LogP contribution is 2.11. The highest BCUT2D eigenvalue weighted by molar-refractivity contribution is 9.10. The largest absolute Gasteiger partial charge is 0.317 e. The lowest BCUT2D eigenvalue weighted by Crippen LogP contribution is -2.20. The lowest BCUT2D eigenvalue weighted by molar-refractivity contribution is 0.102. The SMILES string of the molecule is O=C(Nc1ccn[nH]c1=O)c1ccc(Br)cc1. The van der Waals surface area contributed by atoms with Gasteiger partial charge in [0.2, 0.25) is 0 Å². The predicted octanol–water partition coefficient (Wildman–Crippen LogP) is 1.78. The van der Waals surface area contributed by atoms with Crippen LogP contribution in [0.3, 0.4) is 0 Å². The number of benzene rings is 1. The highest BCUT2D eigenvalue weighted by atomic mass is 79.9. The molecule has 0 saturated carbocycles. The summed E-state index contributed by atoms with van der Waals surface area (Å²) in [6.07, 6.45) is 1.40. The standard InChI is InChI=1S/C11H8BrN3O2/c12-8-3-1-7(2-4-8)10(16)14-9-5-6-13-15-11(9)17/h1-6H,(H,15,17)(H,13,14,16). The summed E-state index contributed by atoms with van der Waals surface area (Å²) in [7, 11) is 0. The van der Waals surface area contributed by atoms with E-state index in [1.165, 1.54) is 12.3 Å². The zero-order valence-electron chi connectivity index (χ0n) is 8.61. The third-order valence-corrected chi connectivity index (χ3v) is 2.61. The maximum absolute atomic E-state index is 11.8. The molecule has 1 aromatic carbocycles. The summed E-state index contributed by atoms with van der Waals surface area (Å²) in [6.45, 7) is 0.